The van der Waals surface area contributed by atoms with Crippen LogP contribution in [0.25, 0.3) is 22.5 Å². The van der Waals surface area contributed by atoms with Gasteiger partial charge in [0.05, 0.1) is 63.4 Å². The molecular weight excluding hydrogens is 919 g/mol. The summed E-state index contributed by atoms with van der Waals surface area (Å²) in [7, 11) is 0. The molecule has 0 bridgehead atoms. The summed E-state index contributed by atoms with van der Waals surface area (Å²) in [6.45, 7) is 10.8. The second kappa shape index (κ2) is 27.4. The molecule has 1 amide bonds. The van der Waals surface area contributed by atoms with Crippen molar-refractivity contribution in [2.45, 2.75) is 105 Å². The average Bonchev–Trinajstić information content (AvgIpc) is 3.31. The highest BCUT2D eigenvalue weighted by atomic mass is 16.6. The number of nitrogens with one attached hydrogen (secondary N) is 1. The highest BCUT2D eigenvalue weighted by molar-refractivity contribution is 5.79. The number of aromatic nitrogens is 4. The van der Waals surface area contributed by atoms with Crippen LogP contribution in [0.2, 0.25) is 0 Å². The normalized spacial score (nSPS) is 10.9. The number of carboxylic acids is 1. The molecule has 0 aliphatic heterocycles. The third kappa shape index (κ3) is 19.1. The highest BCUT2D eigenvalue weighted by Crippen LogP contribution is 2.20. The van der Waals surface area contributed by atoms with Crippen LogP contribution in [0.3, 0.4) is 0 Å². The highest BCUT2D eigenvalue weighted by Gasteiger charge is 2.16. The number of carbonyl (C=O) groups excluding carboxylic acids is 4. The van der Waals surface area contributed by atoms with E-state index in [2.05, 4.69) is 15.5 Å². The topological polar surface area (TPSA) is 215 Å². The number of hydrogen-bond acceptors (Lipinski definition) is 12. The molecule has 16 nitrogen and oxygen atoms in total. The van der Waals surface area contributed by atoms with E-state index in [1.807, 2.05) is 99.6 Å². The van der Waals surface area contributed by atoms with Gasteiger partial charge >= 0.3 is 23.9 Å². The van der Waals surface area contributed by atoms with E-state index in [1.54, 1.807) is 44.2 Å². The van der Waals surface area contributed by atoms with Gasteiger partial charge in [0.25, 0.3) is 11.1 Å². The second-order valence-electron chi connectivity index (χ2n) is 17.9. The molecule has 72 heavy (non-hydrogen) atoms. The number of carbonyl (C=O) groups is 5. The fraction of sp³-hybridized carbons (Fsp3) is 0.339. The summed E-state index contributed by atoms with van der Waals surface area (Å²) in [4.78, 5) is 83.7. The predicted molar refractivity (Wildman–Crippen MR) is 272 cm³/mol. The van der Waals surface area contributed by atoms with Crippen molar-refractivity contribution in [3.63, 3.8) is 0 Å². The Morgan fingerprint density at radius 1 is 0.542 bits per heavy atom. The number of carboxylic acid groups (broad SMARTS) is 1. The molecule has 0 saturated carbocycles. The molecule has 0 atom stereocenters. The standard InChI is InChI=1S/C33H41N3O6.C23H22N2O5/c1-5-41-32(40)22-24-11-9-13-26(19-24)23-36-30(38)17-16-28(35-36)27-14-10-12-25(20-27)21-29(37)34-18-8-6-7-15-31(39)42-33(2,3)4;1-2-30-23(29)14-16-5-3-7-18(11-16)15-25-21(26)10-9-20(24-25)19-8-4-6-17(12-19)13-22(27)28/h9-14,16-17,19-20H,5-8,15,18,21-23H2,1-4H3,(H,34,37);3-12H,2,13-15H2,1H3,(H,27,28). The van der Waals surface area contributed by atoms with Crippen LogP contribution >= 0.6 is 0 Å². The van der Waals surface area contributed by atoms with Crippen molar-refractivity contribution in [3.8, 4) is 22.5 Å². The number of nitrogens with zero attached hydrogens (tertiary/aromatic N) is 4. The van der Waals surface area contributed by atoms with Gasteiger partial charge in [-0.2, -0.15) is 10.2 Å². The van der Waals surface area contributed by atoms with E-state index in [-0.39, 0.29) is 73.7 Å². The number of esters is 3. The maximum atomic E-state index is 12.6. The Morgan fingerprint density at radius 2 is 0.986 bits per heavy atom. The minimum absolute atomic E-state index is 0.0826. The molecule has 0 unspecified atom stereocenters. The Kier molecular flexibility index (Phi) is 20.9. The molecule has 378 valence electrons. The van der Waals surface area contributed by atoms with Gasteiger partial charge in [-0.15, -0.1) is 0 Å². The summed E-state index contributed by atoms with van der Waals surface area (Å²) in [5.74, 6) is -1.78. The summed E-state index contributed by atoms with van der Waals surface area (Å²) in [5, 5.41) is 20.9. The summed E-state index contributed by atoms with van der Waals surface area (Å²) >= 11 is 0. The number of rotatable bonds is 22. The number of ether oxygens (including phenoxy) is 3. The molecule has 2 heterocycles. The monoisotopic (exact) mass is 981 g/mol. The van der Waals surface area contributed by atoms with E-state index in [0.717, 1.165) is 58.2 Å². The Bertz CT molecular complexity index is 2940. The Labute approximate surface area is 419 Å². The molecule has 4 aromatic carbocycles. The molecule has 0 radical (unpaired) electrons. The number of unbranched alkanes of at least 4 members (excludes halogenated alkanes) is 2. The van der Waals surface area contributed by atoms with Crippen LogP contribution in [0.4, 0.5) is 0 Å². The van der Waals surface area contributed by atoms with Gasteiger partial charge in [0.2, 0.25) is 5.91 Å². The Morgan fingerprint density at radius 3 is 1.44 bits per heavy atom. The van der Waals surface area contributed by atoms with Crippen molar-refractivity contribution in [1.29, 1.82) is 0 Å². The quantitative estimate of drug-likeness (QED) is 0.0388. The smallest absolute Gasteiger partial charge is 0.310 e. The van der Waals surface area contributed by atoms with Gasteiger partial charge in [-0.05, 0) is 105 Å². The first kappa shape index (κ1) is 54.9. The predicted octanol–water partition coefficient (Wildman–Crippen LogP) is 7.32. The van der Waals surface area contributed by atoms with E-state index in [1.165, 1.54) is 21.5 Å². The lowest BCUT2D eigenvalue weighted by molar-refractivity contribution is -0.155. The van der Waals surface area contributed by atoms with Gasteiger partial charge in [0.15, 0.2) is 0 Å². The minimum atomic E-state index is -0.909. The van der Waals surface area contributed by atoms with Crippen LogP contribution in [0.5, 0.6) is 0 Å². The lowest BCUT2D eigenvalue weighted by Gasteiger charge is -2.19. The first-order valence-electron chi connectivity index (χ1n) is 24.0. The summed E-state index contributed by atoms with van der Waals surface area (Å²) in [5.41, 5.74) is 6.54. The fourth-order valence-corrected chi connectivity index (χ4v) is 7.51. The Hall–Kier alpha value is -8.01. The number of aliphatic carboxylic acids is 1. The third-order valence-corrected chi connectivity index (χ3v) is 10.7. The van der Waals surface area contributed by atoms with Crippen molar-refractivity contribution in [3.05, 3.63) is 175 Å². The van der Waals surface area contributed by atoms with Gasteiger partial charge in [0.1, 0.15) is 5.60 Å². The van der Waals surface area contributed by atoms with Crippen molar-refractivity contribution in [2.24, 2.45) is 0 Å². The SMILES string of the molecule is CCOC(=O)Cc1cccc(Cn2nc(-c3cccc(CC(=O)NCCCCCC(=O)OC(C)(C)C)c3)ccc2=O)c1.CCOC(=O)Cc1cccc(Cn2nc(-c3cccc(CC(=O)O)c3)ccc2=O)c1. The van der Waals surface area contributed by atoms with Gasteiger partial charge in [-0.1, -0.05) is 91.3 Å². The molecule has 0 aliphatic carbocycles. The molecule has 2 aromatic heterocycles. The molecule has 0 fully saturated rings. The fourth-order valence-electron chi connectivity index (χ4n) is 7.51. The number of amides is 1. The molecule has 0 spiro atoms. The minimum Gasteiger partial charge on any atom is -0.481 e. The zero-order valence-corrected chi connectivity index (χ0v) is 41.6. The summed E-state index contributed by atoms with van der Waals surface area (Å²) in [6.07, 6.45) is 3.18. The first-order chi connectivity index (χ1) is 34.5. The Balaban J connectivity index is 0.000000282. The van der Waals surface area contributed by atoms with E-state index < -0.39 is 11.6 Å². The van der Waals surface area contributed by atoms with Crippen molar-refractivity contribution in [2.75, 3.05) is 19.8 Å². The lowest BCUT2D eigenvalue weighted by atomic mass is 10.1. The van der Waals surface area contributed by atoms with Gasteiger partial charge < -0.3 is 24.6 Å². The van der Waals surface area contributed by atoms with Crippen LogP contribution in [0.15, 0.2) is 131 Å². The van der Waals surface area contributed by atoms with Crippen LogP contribution < -0.4 is 16.4 Å². The molecule has 0 saturated heterocycles. The molecule has 16 heteroatoms. The van der Waals surface area contributed by atoms with E-state index >= 15 is 0 Å². The second-order valence-corrected chi connectivity index (χ2v) is 17.9. The largest absolute Gasteiger partial charge is 0.481 e. The maximum absolute atomic E-state index is 12.6. The summed E-state index contributed by atoms with van der Waals surface area (Å²) in [6, 6.07) is 35.7. The lowest BCUT2D eigenvalue weighted by Crippen LogP contribution is -2.26. The number of benzene rings is 4. The first-order valence-corrected chi connectivity index (χ1v) is 24.0. The van der Waals surface area contributed by atoms with Gasteiger partial charge in [-0.25, -0.2) is 9.36 Å². The third-order valence-electron chi connectivity index (χ3n) is 10.7. The number of hydrogen-bond donors (Lipinski definition) is 2. The van der Waals surface area contributed by atoms with Crippen molar-refractivity contribution < 1.29 is 43.3 Å². The molecule has 6 aromatic rings. The average molecular weight is 982 g/mol. The van der Waals surface area contributed by atoms with E-state index in [4.69, 9.17) is 19.3 Å². The van der Waals surface area contributed by atoms with Crippen LogP contribution in [0.1, 0.15) is 93.7 Å². The van der Waals surface area contributed by atoms with Crippen LogP contribution in [-0.2, 0) is 77.0 Å². The van der Waals surface area contributed by atoms with E-state index in [0.29, 0.717) is 43.1 Å². The summed E-state index contributed by atoms with van der Waals surface area (Å²) < 4.78 is 18.1. The maximum Gasteiger partial charge on any atom is 0.310 e. The van der Waals surface area contributed by atoms with Gasteiger partial charge in [-0.3, -0.25) is 33.6 Å². The zero-order valence-electron chi connectivity index (χ0n) is 41.6. The molecule has 0 aliphatic rings. The molecular formula is C56H63N5O11. The van der Waals surface area contributed by atoms with Crippen LogP contribution in [0, 0.1) is 0 Å². The molecule has 6 rings (SSSR count). The van der Waals surface area contributed by atoms with E-state index in [9.17, 15) is 33.6 Å². The zero-order chi connectivity index (χ0) is 52.0. The van der Waals surface area contributed by atoms with Crippen LogP contribution in [-0.4, -0.2) is 79.8 Å². The van der Waals surface area contributed by atoms with Gasteiger partial charge in [0, 0.05) is 36.2 Å². The van der Waals surface area contributed by atoms with Crippen molar-refractivity contribution in [1.82, 2.24) is 24.9 Å². The molecule has 2 N–H and O–H groups in total. The van der Waals surface area contributed by atoms with Crippen molar-refractivity contribution >= 4 is 29.8 Å².